The molecule has 16 heavy (non-hydrogen) atoms. The molecular weight excluding hydrogens is 206 g/mol. The lowest BCUT2D eigenvalue weighted by Crippen LogP contribution is -2.10. The Bertz CT molecular complexity index is 468. The van der Waals surface area contributed by atoms with Crippen molar-refractivity contribution in [1.29, 1.82) is 0 Å². The highest BCUT2D eigenvalue weighted by Gasteiger charge is 2.06. The zero-order chi connectivity index (χ0) is 11.4. The van der Waals surface area contributed by atoms with Crippen LogP contribution in [0.1, 0.15) is 5.89 Å². The summed E-state index contributed by atoms with van der Waals surface area (Å²) in [5, 5.41) is 7.72. The maximum absolute atomic E-state index is 5.41. The fourth-order valence-corrected chi connectivity index (χ4v) is 1.31. The Balaban J connectivity index is 2.22. The van der Waals surface area contributed by atoms with E-state index in [4.69, 9.17) is 14.9 Å². The molecule has 1 heterocycles. The number of nitrogens with two attached hydrogens (primary N) is 1. The molecule has 0 aliphatic heterocycles. The Kier molecular flexibility index (Phi) is 3.16. The molecule has 0 fully saturated rings. The minimum Gasteiger partial charge on any atom is -0.492 e. The van der Waals surface area contributed by atoms with Crippen LogP contribution >= 0.6 is 0 Å². The summed E-state index contributed by atoms with van der Waals surface area (Å²) in [5.74, 6) is 1.79. The summed E-state index contributed by atoms with van der Waals surface area (Å²) in [4.78, 5) is 0. The standard InChI is InChI=1S/C11H13N3O2/c1-8-13-14-11(16-8)9-3-2-4-10(7-9)15-6-5-12/h2-4,7H,5-6,12H2,1H3. The molecule has 0 radical (unpaired) electrons. The van der Waals surface area contributed by atoms with Crippen molar-refractivity contribution < 1.29 is 9.15 Å². The second-order valence-electron chi connectivity index (χ2n) is 3.29. The first-order chi connectivity index (χ1) is 7.79. The lowest BCUT2D eigenvalue weighted by atomic mass is 10.2. The summed E-state index contributed by atoms with van der Waals surface area (Å²) in [6.45, 7) is 2.74. The van der Waals surface area contributed by atoms with Crippen LogP contribution in [0.25, 0.3) is 11.5 Å². The fourth-order valence-electron chi connectivity index (χ4n) is 1.31. The molecule has 5 nitrogen and oxygen atoms in total. The molecule has 0 aliphatic carbocycles. The summed E-state index contributed by atoms with van der Waals surface area (Å²) >= 11 is 0. The lowest BCUT2D eigenvalue weighted by molar-refractivity contribution is 0.328. The van der Waals surface area contributed by atoms with Gasteiger partial charge in [-0.2, -0.15) is 0 Å². The van der Waals surface area contributed by atoms with Gasteiger partial charge in [0.15, 0.2) is 0 Å². The molecule has 0 atom stereocenters. The normalized spacial score (nSPS) is 10.4. The van der Waals surface area contributed by atoms with Crippen molar-refractivity contribution in [2.45, 2.75) is 6.92 Å². The molecule has 0 saturated heterocycles. The first-order valence-corrected chi connectivity index (χ1v) is 5.03. The van der Waals surface area contributed by atoms with Crippen LogP contribution in [0.3, 0.4) is 0 Å². The maximum atomic E-state index is 5.41. The van der Waals surface area contributed by atoms with Crippen LogP contribution in [0, 0.1) is 6.92 Å². The van der Waals surface area contributed by atoms with E-state index in [2.05, 4.69) is 10.2 Å². The highest BCUT2D eigenvalue weighted by Crippen LogP contribution is 2.22. The van der Waals surface area contributed by atoms with Gasteiger partial charge in [-0.15, -0.1) is 10.2 Å². The quantitative estimate of drug-likeness (QED) is 0.840. The van der Waals surface area contributed by atoms with E-state index in [-0.39, 0.29) is 0 Å². The van der Waals surface area contributed by atoms with E-state index in [1.54, 1.807) is 6.92 Å². The molecule has 0 amide bonds. The molecule has 0 bridgehead atoms. The van der Waals surface area contributed by atoms with E-state index in [0.29, 0.717) is 24.9 Å². The van der Waals surface area contributed by atoms with Crippen LogP contribution < -0.4 is 10.5 Å². The Morgan fingerprint density at radius 3 is 2.94 bits per heavy atom. The molecule has 1 aromatic carbocycles. The molecule has 0 saturated carbocycles. The van der Waals surface area contributed by atoms with Gasteiger partial charge in [-0.05, 0) is 18.2 Å². The Hall–Kier alpha value is -1.88. The maximum Gasteiger partial charge on any atom is 0.247 e. The van der Waals surface area contributed by atoms with Gasteiger partial charge in [0, 0.05) is 19.0 Å². The lowest BCUT2D eigenvalue weighted by Gasteiger charge is -2.04. The molecule has 0 spiro atoms. The summed E-state index contributed by atoms with van der Waals surface area (Å²) in [6.07, 6.45) is 0. The Morgan fingerprint density at radius 1 is 1.38 bits per heavy atom. The highest BCUT2D eigenvalue weighted by molar-refractivity contribution is 5.55. The van der Waals surface area contributed by atoms with E-state index in [1.165, 1.54) is 0 Å². The van der Waals surface area contributed by atoms with Gasteiger partial charge in [-0.3, -0.25) is 0 Å². The number of benzene rings is 1. The molecule has 5 heteroatoms. The smallest absolute Gasteiger partial charge is 0.247 e. The molecule has 2 N–H and O–H groups in total. The van der Waals surface area contributed by atoms with E-state index in [0.717, 1.165) is 11.3 Å². The number of hydrogen-bond donors (Lipinski definition) is 1. The van der Waals surface area contributed by atoms with Gasteiger partial charge in [-0.1, -0.05) is 6.07 Å². The second kappa shape index (κ2) is 4.76. The van der Waals surface area contributed by atoms with Gasteiger partial charge in [-0.25, -0.2) is 0 Å². The van der Waals surface area contributed by atoms with Crippen LogP contribution in [0.15, 0.2) is 28.7 Å². The van der Waals surface area contributed by atoms with Gasteiger partial charge < -0.3 is 14.9 Å². The Morgan fingerprint density at radius 2 is 2.25 bits per heavy atom. The largest absolute Gasteiger partial charge is 0.492 e. The van der Waals surface area contributed by atoms with E-state index in [9.17, 15) is 0 Å². The van der Waals surface area contributed by atoms with Gasteiger partial charge in [0.25, 0.3) is 0 Å². The molecule has 2 rings (SSSR count). The minimum absolute atomic E-state index is 0.490. The number of hydrogen-bond acceptors (Lipinski definition) is 5. The van der Waals surface area contributed by atoms with Crippen molar-refractivity contribution in [2.75, 3.05) is 13.2 Å². The van der Waals surface area contributed by atoms with Crippen molar-refractivity contribution in [3.8, 4) is 17.2 Å². The zero-order valence-corrected chi connectivity index (χ0v) is 9.01. The van der Waals surface area contributed by atoms with E-state index < -0.39 is 0 Å². The average molecular weight is 219 g/mol. The number of aromatic nitrogens is 2. The third-order valence-electron chi connectivity index (χ3n) is 1.99. The average Bonchev–Trinajstić information content (AvgIpc) is 2.74. The topological polar surface area (TPSA) is 74.2 Å². The van der Waals surface area contributed by atoms with Crippen molar-refractivity contribution in [1.82, 2.24) is 10.2 Å². The van der Waals surface area contributed by atoms with Crippen LogP contribution in [-0.4, -0.2) is 23.3 Å². The summed E-state index contributed by atoms with van der Waals surface area (Å²) in [5.41, 5.74) is 6.21. The predicted octanol–water partition coefficient (Wildman–Crippen LogP) is 1.38. The third kappa shape index (κ3) is 2.38. The summed E-state index contributed by atoms with van der Waals surface area (Å²) in [7, 11) is 0. The highest BCUT2D eigenvalue weighted by atomic mass is 16.5. The van der Waals surface area contributed by atoms with Crippen molar-refractivity contribution in [3.05, 3.63) is 30.2 Å². The first kappa shape index (κ1) is 10.6. The molecule has 0 aliphatic rings. The fraction of sp³-hybridized carbons (Fsp3) is 0.273. The van der Waals surface area contributed by atoms with Crippen LogP contribution in [-0.2, 0) is 0 Å². The summed E-state index contributed by atoms with van der Waals surface area (Å²) in [6, 6.07) is 7.48. The van der Waals surface area contributed by atoms with Gasteiger partial charge in [0.1, 0.15) is 12.4 Å². The molecule has 0 unspecified atom stereocenters. The minimum atomic E-state index is 0.490. The molecule has 84 valence electrons. The second-order valence-corrected chi connectivity index (χ2v) is 3.29. The monoisotopic (exact) mass is 219 g/mol. The van der Waals surface area contributed by atoms with Gasteiger partial charge in [0.2, 0.25) is 11.8 Å². The first-order valence-electron chi connectivity index (χ1n) is 5.03. The molecule has 2 aromatic rings. The van der Waals surface area contributed by atoms with Gasteiger partial charge in [0.05, 0.1) is 0 Å². The molecular formula is C11H13N3O2. The summed E-state index contributed by atoms with van der Waals surface area (Å²) < 4.78 is 10.7. The zero-order valence-electron chi connectivity index (χ0n) is 9.01. The van der Waals surface area contributed by atoms with Crippen LogP contribution in [0.2, 0.25) is 0 Å². The van der Waals surface area contributed by atoms with Crippen LogP contribution in [0.4, 0.5) is 0 Å². The van der Waals surface area contributed by atoms with Crippen molar-refractivity contribution >= 4 is 0 Å². The third-order valence-corrected chi connectivity index (χ3v) is 1.99. The predicted molar refractivity (Wildman–Crippen MR) is 59.0 cm³/mol. The molecule has 1 aromatic heterocycles. The van der Waals surface area contributed by atoms with Crippen molar-refractivity contribution in [2.24, 2.45) is 5.73 Å². The van der Waals surface area contributed by atoms with E-state index >= 15 is 0 Å². The van der Waals surface area contributed by atoms with E-state index in [1.807, 2.05) is 24.3 Å². The van der Waals surface area contributed by atoms with Crippen LogP contribution in [0.5, 0.6) is 5.75 Å². The number of rotatable bonds is 4. The Labute approximate surface area is 93.2 Å². The van der Waals surface area contributed by atoms with Gasteiger partial charge >= 0.3 is 0 Å². The number of nitrogens with zero attached hydrogens (tertiary/aromatic N) is 2. The van der Waals surface area contributed by atoms with Crippen molar-refractivity contribution in [3.63, 3.8) is 0 Å². The SMILES string of the molecule is Cc1nnc(-c2cccc(OCCN)c2)o1. The number of ether oxygens (including phenoxy) is 1. The number of aryl methyl sites for hydroxylation is 1.